The number of aromatic nitrogens is 1. The highest BCUT2D eigenvalue weighted by molar-refractivity contribution is 6.01. The normalized spacial score (nSPS) is 12.3. The number of aryl methyl sites for hydroxylation is 1. The minimum absolute atomic E-state index is 0.0966. The molecule has 6 nitrogen and oxygen atoms in total. The van der Waals surface area contributed by atoms with Gasteiger partial charge in [-0.3, -0.25) is 4.79 Å². The van der Waals surface area contributed by atoms with E-state index in [2.05, 4.69) is 16.8 Å². The maximum atomic E-state index is 12.5. The van der Waals surface area contributed by atoms with Gasteiger partial charge in [-0.2, -0.15) is 5.26 Å². The summed E-state index contributed by atoms with van der Waals surface area (Å²) in [5.41, 5.74) is 4.12. The van der Waals surface area contributed by atoms with Gasteiger partial charge >= 0.3 is 0 Å². The highest BCUT2D eigenvalue weighted by atomic mass is 16.5. The second-order valence-electron chi connectivity index (χ2n) is 7.02. The molecule has 1 atom stereocenters. The Bertz CT molecular complexity index is 905. The van der Waals surface area contributed by atoms with Crippen molar-refractivity contribution >= 4 is 12.0 Å². The van der Waals surface area contributed by atoms with Crippen LogP contribution in [0.15, 0.2) is 35.9 Å². The number of carbonyl (C=O) groups excluding carboxylic acids is 1. The lowest BCUT2D eigenvalue weighted by Gasteiger charge is -2.17. The molecule has 154 valence electrons. The average Bonchev–Trinajstić information content (AvgIpc) is 2.99. The summed E-state index contributed by atoms with van der Waals surface area (Å²) in [5, 5.41) is 12.3. The Morgan fingerprint density at radius 2 is 1.97 bits per heavy atom. The zero-order valence-electron chi connectivity index (χ0n) is 17.8. The van der Waals surface area contributed by atoms with Crippen LogP contribution in [0.5, 0.6) is 5.75 Å². The van der Waals surface area contributed by atoms with Crippen LogP contribution >= 0.6 is 0 Å². The molecule has 1 heterocycles. The number of rotatable bonds is 9. The minimum Gasteiger partial charge on any atom is -0.497 e. The van der Waals surface area contributed by atoms with Gasteiger partial charge in [-0.05, 0) is 62.6 Å². The van der Waals surface area contributed by atoms with Crippen LogP contribution in [0, 0.1) is 25.2 Å². The monoisotopic (exact) mass is 395 g/mol. The fourth-order valence-electron chi connectivity index (χ4n) is 3.45. The lowest BCUT2D eigenvalue weighted by atomic mass is 10.1. The number of ether oxygens (including phenoxy) is 2. The first kappa shape index (κ1) is 22.3. The van der Waals surface area contributed by atoms with E-state index in [1.165, 1.54) is 0 Å². The number of methoxy groups -OCH3 is 2. The number of nitrogens with zero attached hydrogens (tertiary/aromatic N) is 2. The standard InChI is InChI=1S/C23H29N3O3/c1-16-12-20(18(3)26(16)17(2)15-28-4)13-21(14-24)23(27)25-11-10-19-6-8-22(29-5)9-7-19/h6-9,12-13,17H,10-11,15H2,1-5H3,(H,25,27)/b21-13+. The molecule has 0 saturated heterocycles. The van der Waals surface area contributed by atoms with Crippen LogP contribution in [0.25, 0.3) is 6.08 Å². The van der Waals surface area contributed by atoms with Crippen LogP contribution in [0.4, 0.5) is 0 Å². The van der Waals surface area contributed by atoms with Gasteiger partial charge in [0.15, 0.2) is 0 Å². The molecular weight excluding hydrogens is 366 g/mol. The molecule has 29 heavy (non-hydrogen) atoms. The number of nitriles is 1. The number of hydrogen-bond donors (Lipinski definition) is 1. The molecule has 0 aliphatic heterocycles. The van der Waals surface area contributed by atoms with Gasteiger partial charge in [0.2, 0.25) is 0 Å². The van der Waals surface area contributed by atoms with Crippen LogP contribution in [-0.4, -0.2) is 37.8 Å². The van der Waals surface area contributed by atoms with Gasteiger partial charge in [-0.1, -0.05) is 12.1 Å². The van der Waals surface area contributed by atoms with Gasteiger partial charge in [0, 0.05) is 25.0 Å². The number of nitrogens with one attached hydrogen (secondary N) is 1. The summed E-state index contributed by atoms with van der Waals surface area (Å²) in [6.45, 7) is 7.12. The summed E-state index contributed by atoms with van der Waals surface area (Å²) in [7, 11) is 3.30. The maximum absolute atomic E-state index is 12.5. The molecule has 1 aromatic heterocycles. The van der Waals surface area contributed by atoms with Crippen molar-refractivity contribution in [3.63, 3.8) is 0 Å². The first-order valence-corrected chi connectivity index (χ1v) is 9.61. The van der Waals surface area contributed by atoms with Crippen LogP contribution in [0.2, 0.25) is 0 Å². The zero-order chi connectivity index (χ0) is 21.4. The van der Waals surface area contributed by atoms with Crippen molar-refractivity contribution in [1.29, 1.82) is 5.26 Å². The van der Waals surface area contributed by atoms with Crippen molar-refractivity contribution in [2.24, 2.45) is 0 Å². The molecule has 2 aromatic rings. The Hall–Kier alpha value is -3.04. The molecule has 0 aliphatic rings. The fraction of sp³-hybridized carbons (Fsp3) is 0.391. The van der Waals surface area contributed by atoms with Gasteiger partial charge in [0.25, 0.3) is 5.91 Å². The number of benzene rings is 1. The van der Waals surface area contributed by atoms with Crippen LogP contribution < -0.4 is 10.1 Å². The van der Waals surface area contributed by atoms with E-state index in [-0.39, 0.29) is 17.5 Å². The van der Waals surface area contributed by atoms with E-state index in [1.54, 1.807) is 20.3 Å². The highest BCUT2D eigenvalue weighted by Gasteiger charge is 2.15. The molecule has 0 fully saturated rings. The average molecular weight is 396 g/mol. The molecule has 0 spiro atoms. The van der Waals surface area contributed by atoms with Crippen LogP contribution in [-0.2, 0) is 16.0 Å². The van der Waals surface area contributed by atoms with E-state index < -0.39 is 0 Å². The summed E-state index contributed by atoms with van der Waals surface area (Å²) in [6.07, 6.45) is 2.33. The molecular formula is C23H29N3O3. The van der Waals surface area contributed by atoms with Gasteiger partial charge in [0.1, 0.15) is 17.4 Å². The summed E-state index contributed by atoms with van der Waals surface area (Å²) in [6, 6.07) is 11.9. The Morgan fingerprint density at radius 1 is 1.28 bits per heavy atom. The zero-order valence-corrected chi connectivity index (χ0v) is 17.8. The van der Waals surface area contributed by atoms with Gasteiger partial charge in [-0.15, -0.1) is 0 Å². The molecule has 1 amide bonds. The lowest BCUT2D eigenvalue weighted by Crippen LogP contribution is -2.26. The molecule has 1 unspecified atom stereocenters. The minimum atomic E-state index is -0.365. The van der Waals surface area contributed by atoms with Gasteiger partial charge in [0.05, 0.1) is 19.8 Å². The second kappa shape index (κ2) is 10.5. The van der Waals surface area contributed by atoms with E-state index in [0.717, 1.165) is 28.3 Å². The molecule has 1 N–H and O–H groups in total. The summed E-state index contributed by atoms with van der Waals surface area (Å²) in [5.74, 6) is 0.431. The first-order chi connectivity index (χ1) is 13.9. The maximum Gasteiger partial charge on any atom is 0.261 e. The van der Waals surface area contributed by atoms with Crippen LogP contribution in [0.3, 0.4) is 0 Å². The third-order valence-corrected chi connectivity index (χ3v) is 4.90. The predicted octanol–water partition coefficient (Wildman–Crippen LogP) is 3.59. The Morgan fingerprint density at radius 3 is 2.55 bits per heavy atom. The number of amides is 1. The van der Waals surface area contributed by atoms with E-state index in [4.69, 9.17) is 9.47 Å². The molecule has 0 bridgehead atoms. The second-order valence-corrected chi connectivity index (χ2v) is 7.02. The number of hydrogen-bond acceptors (Lipinski definition) is 4. The summed E-state index contributed by atoms with van der Waals surface area (Å²) >= 11 is 0. The Kier molecular flexibility index (Phi) is 8.05. The third-order valence-electron chi connectivity index (χ3n) is 4.90. The van der Waals surface area contributed by atoms with E-state index in [1.807, 2.05) is 50.2 Å². The SMILES string of the molecule is COCC(C)n1c(C)cc(/C=C(\C#N)C(=O)NCCc2ccc(OC)cc2)c1C. The van der Waals surface area contributed by atoms with Crippen molar-refractivity contribution in [3.05, 3.63) is 58.4 Å². The van der Waals surface area contributed by atoms with E-state index in [9.17, 15) is 10.1 Å². The molecule has 0 saturated carbocycles. The van der Waals surface area contributed by atoms with Crippen molar-refractivity contribution in [1.82, 2.24) is 9.88 Å². The van der Waals surface area contributed by atoms with Crippen molar-refractivity contribution in [2.45, 2.75) is 33.2 Å². The Balaban J connectivity index is 2.06. The summed E-state index contributed by atoms with van der Waals surface area (Å²) < 4.78 is 12.6. The van der Waals surface area contributed by atoms with E-state index in [0.29, 0.717) is 19.6 Å². The van der Waals surface area contributed by atoms with E-state index >= 15 is 0 Å². The molecule has 0 radical (unpaired) electrons. The molecule has 6 heteroatoms. The van der Waals surface area contributed by atoms with Gasteiger partial charge in [-0.25, -0.2) is 0 Å². The quantitative estimate of drug-likeness (QED) is 0.520. The van der Waals surface area contributed by atoms with Gasteiger partial charge < -0.3 is 19.4 Å². The third kappa shape index (κ3) is 5.72. The largest absolute Gasteiger partial charge is 0.497 e. The Labute approximate surface area is 172 Å². The predicted molar refractivity (Wildman–Crippen MR) is 114 cm³/mol. The smallest absolute Gasteiger partial charge is 0.261 e. The summed E-state index contributed by atoms with van der Waals surface area (Å²) in [4.78, 5) is 12.5. The highest BCUT2D eigenvalue weighted by Crippen LogP contribution is 2.22. The molecule has 2 rings (SSSR count). The fourth-order valence-corrected chi connectivity index (χ4v) is 3.45. The molecule has 0 aliphatic carbocycles. The first-order valence-electron chi connectivity index (χ1n) is 9.61. The lowest BCUT2D eigenvalue weighted by molar-refractivity contribution is -0.117. The van der Waals surface area contributed by atoms with Crippen LogP contribution in [0.1, 0.15) is 35.5 Å². The number of carbonyl (C=O) groups is 1. The van der Waals surface area contributed by atoms with Crippen molar-refractivity contribution in [2.75, 3.05) is 27.4 Å². The van der Waals surface area contributed by atoms with Crippen molar-refractivity contribution < 1.29 is 14.3 Å². The molecule has 1 aromatic carbocycles. The van der Waals surface area contributed by atoms with Crippen molar-refractivity contribution in [3.8, 4) is 11.8 Å². The topological polar surface area (TPSA) is 76.3 Å².